The molecule has 0 aliphatic heterocycles. The van der Waals surface area contributed by atoms with Gasteiger partial charge in [-0.2, -0.15) is 0 Å². The van der Waals surface area contributed by atoms with Crippen LogP contribution in [-0.4, -0.2) is 37.2 Å². The van der Waals surface area contributed by atoms with E-state index in [4.69, 9.17) is 14.2 Å². The standard InChI is InChI=1S/C59H114O6/c1-5-7-9-11-13-15-17-19-20-21-22-27-31-35-39-43-47-51-58(61)64-54-56(53-63-57(60)50-46-42-38-34-30-25-18-16-14-12-10-8-6-2)65-59(62)52-48-44-40-36-32-28-24-23-26-29-33-37-41-45-49-55(3)4/h55-56H,5-54H2,1-4H3/t56-/m1/s1. The van der Waals surface area contributed by atoms with Gasteiger partial charge in [0.05, 0.1) is 0 Å². The third-order valence-electron chi connectivity index (χ3n) is 13.5. The fourth-order valence-corrected chi connectivity index (χ4v) is 9.10. The van der Waals surface area contributed by atoms with Crippen LogP contribution in [0.4, 0.5) is 0 Å². The van der Waals surface area contributed by atoms with Gasteiger partial charge in [0.25, 0.3) is 0 Å². The molecule has 0 N–H and O–H groups in total. The van der Waals surface area contributed by atoms with Crippen LogP contribution < -0.4 is 0 Å². The zero-order chi connectivity index (χ0) is 47.4. The smallest absolute Gasteiger partial charge is 0.306 e. The first-order chi connectivity index (χ1) is 31.9. The van der Waals surface area contributed by atoms with Crippen molar-refractivity contribution in [3.05, 3.63) is 0 Å². The number of hydrogen-bond acceptors (Lipinski definition) is 6. The molecule has 6 heteroatoms. The number of rotatable bonds is 54. The van der Waals surface area contributed by atoms with E-state index in [-0.39, 0.29) is 31.1 Å². The van der Waals surface area contributed by atoms with Gasteiger partial charge in [-0.3, -0.25) is 14.4 Å². The first-order valence-electron chi connectivity index (χ1n) is 29.4. The summed E-state index contributed by atoms with van der Waals surface area (Å²) in [5.41, 5.74) is 0. The van der Waals surface area contributed by atoms with Crippen molar-refractivity contribution in [2.45, 2.75) is 342 Å². The van der Waals surface area contributed by atoms with Crippen LogP contribution in [0.3, 0.4) is 0 Å². The van der Waals surface area contributed by atoms with Gasteiger partial charge in [0.2, 0.25) is 0 Å². The van der Waals surface area contributed by atoms with Gasteiger partial charge in [0.15, 0.2) is 6.10 Å². The van der Waals surface area contributed by atoms with Crippen LogP contribution in [0.5, 0.6) is 0 Å². The van der Waals surface area contributed by atoms with Gasteiger partial charge in [0.1, 0.15) is 13.2 Å². The van der Waals surface area contributed by atoms with Crippen molar-refractivity contribution in [2.75, 3.05) is 13.2 Å². The third-order valence-corrected chi connectivity index (χ3v) is 13.5. The summed E-state index contributed by atoms with van der Waals surface area (Å²) >= 11 is 0. The van der Waals surface area contributed by atoms with E-state index in [0.717, 1.165) is 63.7 Å². The van der Waals surface area contributed by atoms with Crippen molar-refractivity contribution in [3.63, 3.8) is 0 Å². The van der Waals surface area contributed by atoms with E-state index in [0.29, 0.717) is 19.3 Å². The summed E-state index contributed by atoms with van der Waals surface area (Å²) in [6.07, 6.45) is 58.0. The zero-order valence-electron chi connectivity index (χ0n) is 44.5. The SMILES string of the molecule is CCCCCCCCCCCCCCCCCCCC(=O)OC[C@@H](COC(=O)CCCCCCCCCCCCCCC)OC(=O)CCCCCCCCCCCCCCCCC(C)C. The number of carbonyl (C=O) groups excluding carboxylic acids is 3. The highest BCUT2D eigenvalue weighted by Gasteiger charge is 2.19. The number of esters is 3. The van der Waals surface area contributed by atoms with Crippen molar-refractivity contribution in [3.8, 4) is 0 Å². The Labute approximate surface area is 406 Å². The second-order valence-corrected chi connectivity index (χ2v) is 20.8. The van der Waals surface area contributed by atoms with E-state index in [9.17, 15) is 14.4 Å². The zero-order valence-corrected chi connectivity index (χ0v) is 44.5. The third kappa shape index (κ3) is 53.2. The van der Waals surface area contributed by atoms with Gasteiger partial charge in [-0.25, -0.2) is 0 Å². The number of unbranched alkanes of at least 4 members (excludes halogenated alkanes) is 41. The average molecular weight is 920 g/mol. The van der Waals surface area contributed by atoms with Gasteiger partial charge in [0, 0.05) is 19.3 Å². The quantitative estimate of drug-likeness (QED) is 0.0344. The van der Waals surface area contributed by atoms with Crippen molar-refractivity contribution in [1.82, 2.24) is 0 Å². The van der Waals surface area contributed by atoms with Crippen LogP contribution in [0, 0.1) is 5.92 Å². The Morgan fingerprint density at radius 1 is 0.292 bits per heavy atom. The summed E-state index contributed by atoms with van der Waals surface area (Å²) in [6.45, 7) is 9.07. The average Bonchev–Trinajstić information content (AvgIpc) is 3.29. The topological polar surface area (TPSA) is 78.9 Å². The summed E-state index contributed by atoms with van der Waals surface area (Å²) < 4.78 is 16.9. The second-order valence-electron chi connectivity index (χ2n) is 20.8. The lowest BCUT2D eigenvalue weighted by Gasteiger charge is -2.18. The lowest BCUT2D eigenvalue weighted by atomic mass is 10.0. The van der Waals surface area contributed by atoms with Gasteiger partial charge in [-0.1, -0.05) is 297 Å². The second kappa shape index (κ2) is 53.4. The summed E-state index contributed by atoms with van der Waals surface area (Å²) in [5, 5.41) is 0. The molecule has 0 aromatic rings. The molecule has 6 nitrogen and oxygen atoms in total. The Morgan fingerprint density at radius 3 is 0.754 bits per heavy atom. The van der Waals surface area contributed by atoms with Crippen LogP contribution >= 0.6 is 0 Å². The molecule has 0 aromatic heterocycles. The van der Waals surface area contributed by atoms with E-state index in [1.807, 2.05) is 0 Å². The van der Waals surface area contributed by atoms with E-state index >= 15 is 0 Å². The maximum atomic E-state index is 12.9. The molecule has 0 rings (SSSR count). The Hall–Kier alpha value is -1.59. The van der Waals surface area contributed by atoms with Gasteiger partial charge in [-0.15, -0.1) is 0 Å². The molecule has 0 bridgehead atoms. The lowest BCUT2D eigenvalue weighted by molar-refractivity contribution is -0.167. The Kier molecular flexibility index (Phi) is 52.1. The molecule has 0 aliphatic rings. The summed E-state index contributed by atoms with van der Waals surface area (Å²) in [5.74, 6) is 0.00967. The molecule has 0 radical (unpaired) electrons. The number of carbonyl (C=O) groups is 3. The van der Waals surface area contributed by atoms with E-state index in [1.165, 1.54) is 231 Å². The Bertz CT molecular complexity index is 980. The van der Waals surface area contributed by atoms with E-state index < -0.39 is 6.10 Å². The highest BCUT2D eigenvalue weighted by atomic mass is 16.6. The van der Waals surface area contributed by atoms with Crippen molar-refractivity contribution >= 4 is 17.9 Å². The fraction of sp³-hybridized carbons (Fsp3) is 0.949. The van der Waals surface area contributed by atoms with Crippen molar-refractivity contribution < 1.29 is 28.6 Å². The van der Waals surface area contributed by atoms with Gasteiger partial charge >= 0.3 is 17.9 Å². The Balaban J connectivity index is 4.28. The van der Waals surface area contributed by atoms with Gasteiger partial charge in [-0.05, 0) is 25.2 Å². The van der Waals surface area contributed by atoms with Crippen molar-refractivity contribution in [1.29, 1.82) is 0 Å². The predicted molar refractivity (Wildman–Crippen MR) is 280 cm³/mol. The lowest BCUT2D eigenvalue weighted by Crippen LogP contribution is -2.30. The maximum Gasteiger partial charge on any atom is 0.306 e. The number of hydrogen-bond donors (Lipinski definition) is 0. The van der Waals surface area contributed by atoms with Crippen LogP contribution in [-0.2, 0) is 28.6 Å². The minimum atomic E-state index is -0.762. The van der Waals surface area contributed by atoms with Crippen LogP contribution in [0.2, 0.25) is 0 Å². The molecular formula is C59H114O6. The number of ether oxygens (including phenoxy) is 3. The highest BCUT2D eigenvalue weighted by molar-refractivity contribution is 5.71. The minimum absolute atomic E-state index is 0.0617. The van der Waals surface area contributed by atoms with Crippen molar-refractivity contribution in [2.24, 2.45) is 5.92 Å². The molecule has 65 heavy (non-hydrogen) atoms. The molecule has 0 amide bonds. The molecular weight excluding hydrogens is 805 g/mol. The minimum Gasteiger partial charge on any atom is -0.462 e. The molecule has 0 heterocycles. The van der Waals surface area contributed by atoms with Crippen LogP contribution in [0.25, 0.3) is 0 Å². The van der Waals surface area contributed by atoms with E-state index in [2.05, 4.69) is 27.7 Å². The molecule has 0 saturated carbocycles. The molecule has 0 aliphatic carbocycles. The first kappa shape index (κ1) is 63.4. The van der Waals surface area contributed by atoms with Gasteiger partial charge < -0.3 is 14.2 Å². The van der Waals surface area contributed by atoms with Crippen LogP contribution in [0.15, 0.2) is 0 Å². The molecule has 0 spiro atoms. The maximum absolute atomic E-state index is 12.9. The molecule has 0 fully saturated rings. The molecule has 386 valence electrons. The predicted octanol–water partition coefficient (Wildman–Crippen LogP) is 19.4. The summed E-state index contributed by atoms with van der Waals surface area (Å²) in [7, 11) is 0. The normalized spacial score (nSPS) is 12.0. The summed E-state index contributed by atoms with van der Waals surface area (Å²) in [4.78, 5) is 38.1. The highest BCUT2D eigenvalue weighted by Crippen LogP contribution is 2.18. The molecule has 1 atom stereocenters. The fourth-order valence-electron chi connectivity index (χ4n) is 9.10. The molecule has 0 unspecified atom stereocenters. The largest absolute Gasteiger partial charge is 0.462 e. The van der Waals surface area contributed by atoms with Crippen LogP contribution in [0.1, 0.15) is 336 Å². The molecule has 0 saturated heterocycles. The monoisotopic (exact) mass is 919 g/mol. The molecule has 0 aromatic carbocycles. The summed E-state index contributed by atoms with van der Waals surface area (Å²) in [6, 6.07) is 0. The van der Waals surface area contributed by atoms with E-state index in [1.54, 1.807) is 0 Å². The Morgan fingerprint density at radius 2 is 0.508 bits per heavy atom. The first-order valence-corrected chi connectivity index (χ1v) is 29.4.